The fraction of sp³-hybridized carbons (Fsp3) is 0.432. The molecule has 6 fully saturated rings. The van der Waals surface area contributed by atoms with Crippen molar-refractivity contribution in [1.29, 1.82) is 0 Å². The van der Waals surface area contributed by atoms with Gasteiger partial charge in [0.2, 0.25) is 17.8 Å². The number of nitrogens with one attached hydrogen (secondary N) is 1. The predicted octanol–water partition coefficient (Wildman–Crippen LogP) is 4.84. The fourth-order valence-corrected chi connectivity index (χ4v) is 10.3. The van der Waals surface area contributed by atoms with Crippen LogP contribution in [0, 0.1) is 30.3 Å². The van der Waals surface area contributed by atoms with E-state index in [1.54, 1.807) is 6.20 Å². The summed E-state index contributed by atoms with van der Waals surface area (Å²) in [5.41, 5.74) is 2.68. The molecule has 0 radical (unpaired) electrons. The maximum absolute atomic E-state index is 15.5. The Morgan fingerprint density at radius 3 is 2.61 bits per heavy atom. The average Bonchev–Trinajstić information content (AvgIpc) is 3.78. The van der Waals surface area contributed by atoms with Crippen LogP contribution >= 0.6 is 0 Å². The number of hydrogen-bond donors (Lipinski definition) is 1. The first-order chi connectivity index (χ1) is 30.1. The zero-order valence-corrected chi connectivity index (χ0v) is 33.9. The van der Waals surface area contributed by atoms with Gasteiger partial charge in [-0.25, -0.2) is 27.8 Å². The number of hydrogen-bond acceptors (Lipinski definition) is 11. The third kappa shape index (κ3) is 6.15. The average molecular weight is 845 g/mol. The lowest BCUT2D eigenvalue weighted by Crippen LogP contribution is -2.72. The van der Waals surface area contributed by atoms with Crippen LogP contribution < -0.4 is 15.1 Å². The number of carbonyl (C=O) groups excluding carboxylic acids is 2. The summed E-state index contributed by atoms with van der Waals surface area (Å²) in [6, 6.07) is 10.3. The van der Waals surface area contributed by atoms with E-state index >= 15 is 13.6 Å². The SMILES string of the molecule is Cc1nc2cc(F)cc3c2n1C[C@H]1CN(CCCO1)C(=O)[C@@H]1CC(CN1c1nc(N2C4C[C@@H]2C(=O)N(CC2CC2)C4)nc2c1cnn2-c1ccc(F)cc1F)Nc1cccc-3n1. The number of ether oxygens (including phenoxy) is 1. The van der Waals surface area contributed by atoms with Crippen LogP contribution in [0.25, 0.3) is 39.0 Å². The zero-order valence-electron chi connectivity index (χ0n) is 33.9. The van der Waals surface area contributed by atoms with Crippen LogP contribution in [0.4, 0.5) is 30.8 Å². The van der Waals surface area contributed by atoms with Crippen LogP contribution in [-0.2, 0) is 20.9 Å². The van der Waals surface area contributed by atoms with Gasteiger partial charge in [0.05, 0.1) is 47.0 Å². The smallest absolute Gasteiger partial charge is 0.245 e. The molecule has 6 aromatic rings. The second-order valence-electron chi connectivity index (χ2n) is 17.6. The zero-order chi connectivity index (χ0) is 42.0. The number of imidazole rings is 1. The molecule has 2 unspecified atom stereocenters. The van der Waals surface area contributed by atoms with Crippen molar-refractivity contribution in [1.82, 2.24) is 44.1 Å². The van der Waals surface area contributed by atoms with Gasteiger partial charge in [-0.2, -0.15) is 15.1 Å². The summed E-state index contributed by atoms with van der Waals surface area (Å²) in [5.74, 6) is 0.455. The summed E-state index contributed by atoms with van der Waals surface area (Å²) in [6.07, 6.45) is 5.11. The van der Waals surface area contributed by atoms with Crippen LogP contribution in [-0.4, -0.2) is 125 Å². The number of aryl methyl sites for hydroxylation is 1. The Balaban J connectivity index is 0.984. The normalized spacial score (nSPS) is 24.9. The van der Waals surface area contributed by atoms with Crippen molar-refractivity contribution in [3.63, 3.8) is 0 Å². The molecule has 13 rings (SSSR count). The van der Waals surface area contributed by atoms with Gasteiger partial charge in [-0.15, -0.1) is 0 Å². The van der Waals surface area contributed by atoms with Gasteiger partial charge in [-0.05, 0) is 75.3 Å². The maximum Gasteiger partial charge on any atom is 0.245 e. The van der Waals surface area contributed by atoms with E-state index < -0.39 is 35.6 Å². The minimum Gasteiger partial charge on any atom is -0.374 e. The Morgan fingerprint density at radius 2 is 1.77 bits per heavy atom. The maximum atomic E-state index is 15.5. The lowest BCUT2D eigenvalue weighted by Gasteiger charge is -2.55. The molecule has 18 heteroatoms. The number of rotatable bonds is 5. The summed E-state index contributed by atoms with van der Waals surface area (Å²) in [6.45, 7) is 5.12. The highest BCUT2D eigenvalue weighted by Gasteiger charge is 2.53. The third-order valence-corrected chi connectivity index (χ3v) is 13.5. The van der Waals surface area contributed by atoms with Gasteiger partial charge in [0.25, 0.3) is 0 Å². The largest absolute Gasteiger partial charge is 0.374 e. The summed E-state index contributed by atoms with van der Waals surface area (Å²) in [7, 11) is 0. The van der Waals surface area contributed by atoms with Crippen molar-refractivity contribution in [3.8, 4) is 16.9 Å². The first-order valence-corrected chi connectivity index (χ1v) is 21.5. The first-order valence-electron chi connectivity index (χ1n) is 21.5. The number of piperidine rings is 1. The highest BCUT2D eigenvalue weighted by Crippen LogP contribution is 2.42. The van der Waals surface area contributed by atoms with Gasteiger partial charge in [0.1, 0.15) is 46.9 Å². The van der Waals surface area contributed by atoms with E-state index in [4.69, 9.17) is 24.7 Å². The predicted molar refractivity (Wildman–Crippen MR) is 222 cm³/mol. The molecule has 0 spiro atoms. The summed E-state index contributed by atoms with van der Waals surface area (Å²) in [4.78, 5) is 56.7. The number of pyridine rings is 1. The molecule has 6 aliphatic heterocycles. The minimum absolute atomic E-state index is 0.00376. The molecule has 8 bridgehead atoms. The van der Waals surface area contributed by atoms with Gasteiger partial charge in [-0.1, -0.05) is 6.07 Å². The van der Waals surface area contributed by atoms with Gasteiger partial charge < -0.3 is 34.2 Å². The van der Waals surface area contributed by atoms with Crippen molar-refractivity contribution < 1.29 is 27.5 Å². The standard InChI is InChI=1S/C44H43F3N12O3/c1-23-49-34-14-26(46)12-30-33-4-2-5-38(51-33)50-27-15-36(42(60)54-10-3-11-62-29(21-54)22-56(23)39(30)34)57(19-27)40-31-17-48-59(35-9-8-25(45)13-32(35)47)41(31)53-44(52-40)58-28-16-37(58)43(61)55(20-28)18-24-6-7-24/h2,4-5,8-9,12-14,17,24,27-29,36-37H,3,6-7,10-11,15-16,18-22H2,1H3,(H,50,51)/t27?,28?,29-,36+,37-/m1/s1. The summed E-state index contributed by atoms with van der Waals surface area (Å²) >= 11 is 0. The van der Waals surface area contributed by atoms with E-state index in [1.807, 2.05) is 49.3 Å². The lowest BCUT2D eigenvalue weighted by molar-refractivity contribution is -0.140. The molecule has 15 nitrogen and oxygen atoms in total. The van der Waals surface area contributed by atoms with Crippen LogP contribution in [0.15, 0.2) is 54.7 Å². The van der Waals surface area contributed by atoms with Gasteiger partial charge in [0, 0.05) is 63.1 Å². The van der Waals surface area contributed by atoms with Crippen LogP contribution in [0.1, 0.15) is 37.9 Å². The summed E-state index contributed by atoms with van der Waals surface area (Å²) in [5, 5.41) is 8.63. The molecule has 2 amide bonds. The molecule has 2 aromatic carbocycles. The molecular weight excluding hydrogens is 802 g/mol. The third-order valence-electron chi connectivity index (χ3n) is 13.5. The molecule has 1 N–H and O–H groups in total. The van der Waals surface area contributed by atoms with Crippen molar-refractivity contribution in [2.45, 2.75) is 75.8 Å². The van der Waals surface area contributed by atoms with E-state index in [9.17, 15) is 9.18 Å². The van der Waals surface area contributed by atoms with Crippen LogP contribution in [0.2, 0.25) is 0 Å². The highest BCUT2D eigenvalue weighted by molar-refractivity contribution is 5.95. The van der Waals surface area contributed by atoms with Crippen molar-refractivity contribution in [2.75, 3.05) is 54.4 Å². The van der Waals surface area contributed by atoms with E-state index in [-0.39, 0.29) is 41.2 Å². The van der Waals surface area contributed by atoms with Crippen molar-refractivity contribution in [2.24, 2.45) is 5.92 Å². The number of halogens is 3. The summed E-state index contributed by atoms with van der Waals surface area (Å²) < 4.78 is 54.7. The van der Waals surface area contributed by atoms with Crippen LogP contribution in [0.3, 0.4) is 0 Å². The molecule has 4 aromatic heterocycles. The molecule has 1 aliphatic carbocycles. The number of amides is 2. The Labute approximate surface area is 353 Å². The van der Waals surface area contributed by atoms with Crippen molar-refractivity contribution in [3.05, 3.63) is 78.0 Å². The van der Waals surface area contributed by atoms with Crippen LogP contribution in [0.5, 0.6) is 0 Å². The molecule has 318 valence electrons. The number of piperazine rings is 1. The number of carbonyl (C=O) groups is 2. The Kier molecular flexibility index (Phi) is 8.53. The molecule has 5 atom stereocenters. The molecule has 7 aliphatic rings. The second-order valence-corrected chi connectivity index (χ2v) is 17.6. The molecule has 5 saturated heterocycles. The van der Waals surface area contributed by atoms with E-state index in [0.717, 1.165) is 31.0 Å². The van der Waals surface area contributed by atoms with E-state index in [0.29, 0.717) is 104 Å². The topological polar surface area (TPSA) is 143 Å². The van der Waals surface area contributed by atoms with Gasteiger partial charge >= 0.3 is 0 Å². The molecule has 1 saturated carbocycles. The number of anilines is 3. The quantitative estimate of drug-likeness (QED) is 0.255. The van der Waals surface area contributed by atoms with Gasteiger partial charge in [0.15, 0.2) is 11.5 Å². The Bertz CT molecular complexity index is 2830. The number of fused-ring (bicyclic) bond motifs is 10. The number of nitrogens with zero attached hydrogens (tertiary/aromatic N) is 11. The lowest BCUT2D eigenvalue weighted by atomic mass is 9.87. The Morgan fingerprint density at radius 1 is 0.887 bits per heavy atom. The number of benzene rings is 2. The molecular formula is C44H43F3N12O3. The minimum atomic E-state index is -0.820. The van der Waals surface area contributed by atoms with E-state index in [2.05, 4.69) is 10.4 Å². The highest BCUT2D eigenvalue weighted by atomic mass is 19.1. The fourth-order valence-electron chi connectivity index (χ4n) is 10.3. The molecule has 10 heterocycles. The van der Waals surface area contributed by atoms with E-state index in [1.165, 1.54) is 28.9 Å². The van der Waals surface area contributed by atoms with Crippen molar-refractivity contribution >= 4 is 51.5 Å². The first kappa shape index (κ1) is 37.5. The monoisotopic (exact) mass is 844 g/mol. The Hall–Kier alpha value is -6.30. The second kappa shape index (κ2) is 14.1. The molecule has 62 heavy (non-hydrogen) atoms. The van der Waals surface area contributed by atoms with Gasteiger partial charge in [-0.3, -0.25) is 9.59 Å². The number of aromatic nitrogens is 7.